The second kappa shape index (κ2) is 9.86. The summed E-state index contributed by atoms with van der Waals surface area (Å²) in [6.07, 6.45) is -1.96. The van der Waals surface area contributed by atoms with Crippen LogP contribution in [0.25, 0.3) is 0 Å². The minimum atomic E-state index is -4.87. The van der Waals surface area contributed by atoms with E-state index in [2.05, 4.69) is 20.4 Å². The maximum atomic E-state index is 13.2. The molecule has 1 aliphatic heterocycles. The minimum Gasteiger partial charge on any atom is -0.406 e. The SMILES string of the molecule is CC(c1ccncc1NC(=O)c1cccc(Cl)c1)C1NC(=O)N(c2ccc(OC(F)(F)F)cc2)C1=O. The molecular formula is C24H18ClF3N4O4. The van der Waals surface area contributed by atoms with E-state index < -0.39 is 41.9 Å². The molecule has 2 aromatic carbocycles. The van der Waals surface area contributed by atoms with E-state index in [-0.39, 0.29) is 5.69 Å². The molecule has 186 valence electrons. The summed E-state index contributed by atoms with van der Waals surface area (Å²) in [6.45, 7) is 1.69. The Morgan fingerprint density at radius 2 is 1.89 bits per heavy atom. The Hall–Kier alpha value is -4.12. The number of alkyl halides is 3. The molecular weight excluding hydrogens is 501 g/mol. The Balaban J connectivity index is 1.53. The van der Waals surface area contributed by atoms with Crippen LogP contribution in [0, 0.1) is 0 Å². The number of hydrogen-bond acceptors (Lipinski definition) is 5. The first-order chi connectivity index (χ1) is 17.0. The second-order valence-corrected chi connectivity index (χ2v) is 8.30. The zero-order chi connectivity index (χ0) is 26.0. The Bertz CT molecular complexity index is 1320. The third-order valence-electron chi connectivity index (χ3n) is 5.48. The van der Waals surface area contributed by atoms with Gasteiger partial charge < -0.3 is 15.4 Å². The Morgan fingerprint density at radius 3 is 2.56 bits per heavy atom. The quantitative estimate of drug-likeness (QED) is 0.441. The van der Waals surface area contributed by atoms with Gasteiger partial charge in [-0.1, -0.05) is 24.6 Å². The fraction of sp³-hybridized carbons (Fsp3) is 0.167. The standard InChI is InChI=1S/C24H18ClF3N4O4/c1-13(18-9-10-29-12-19(18)30-21(33)14-3-2-4-15(25)11-14)20-22(34)32(23(35)31-20)16-5-7-17(8-6-16)36-24(26,27)28/h2-13,20H,1H3,(H,30,33)(H,31,35). The number of benzene rings is 2. The van der Waals surface area contributed by atoms with Crippen molar-refractivity contribution in [3.63, 3.8) is 0 Å². The highest BCUT2D eigenvalue weighted by molar-refractivity contribution is 6.31. The molecule has 36 heavy (non-hydrogen) atoms. The summed E-state index contributed by atoms with van der Waals surface area (Å²) >= 11 is 5.96. The molecule has 0 bridgehead atoms. The number of halogens is 4. The maximum absolute atomic E-state index is 13.2. The number of rotatable bonds is 6. The zero-order valence-electron chi connectivity index (χ0n) is 18.5. The molecule has 2 atom stereocenters. The number of imide groups is 1. The van der Waals surface area contributed by atoms with Crippen molar-refractivity contribution in [3.05, 3.63) is 83.1 Å². The maximum Gasteiger partial charge on any atom is 0.573 e. The molecule has 2 heterocycles. The van der Waals surface area contributed by atoms with Crippen LogP contribution in [0.3, 0.4) is 0 Å². The molecule has 12 heteroatoms. The fourth-order valence-corrected chi connectivity index (χ4v) is 3.98. The largest absolute Gasteiger partial charge is 0.573 e. The number of hydrogen-bond donors (Lipinski definition) is 2. The van der Waals surface area contributed by atoms with Gasteiger partial charge in [-0.3, -0.25) is 14.6 Å². The molecule has 2 N–H and O–H groups in total. The highest BCUT2D eigenvalue weighted by Gasteiger charge is 2.43. The molecule has 0 aliphatic carbocycles. The van der Waals surface area contributed by atoms with Gasteiger partial charge in [-0.25, -0.2) is 9.69 Å². The monoisotopic (exact) mass is 518 g/mol. The van der Waals surface area contributed by atoms with E-state index in [1.54, 1.807) is 31.2 Å². The summed E-state index contributed by atoms with van der Waals surface area (Å²) in [7, 11) is 0. The number of ether oxygens (including phenoxy) is 1. The minimum absolute atomic E-state index is 0.0749. The summed E-state index contributed by atoms with van der Waals surface area (Å²) in [5.74, 6) is -2.14. The van der Waals surface area contributed by atoms with Crippen molar-refractivity contribution in [2.45, 2.75) is 25.2 Å². The number of urea groups is 1. The lowest BCUT2D eigenvalue weighted by Gasteiger charge is -2.21. The summed E-state index contributed by atoms with van der Waals surface area (Å²) in [5.41, 5.74) is 1.27. The molecule has 4 rings (SSSR count). The van der Waals surface area contributed by atoms with Crippen molar-refractivity contribution < 1.29 is 32.3 Å². The first kappa shape index (κ1) is 25.0. The molecule has 8 nitrogen and oxygen atoms in total. The number of nitrogens with zero attached hydrogens (tertiary/aromatic N) is 2. The van der Waals surface area contributed by atoms with E-state index in [1.807, 2.05) is 0 Å². The lowest BCUT2D eigenvalue weighted by Crippen LogP contribution is -2.35. The molecule has 1 aromatic heterocycles. The smallest absolute Gasteiger partial charge is 0.406 e. The van der Waals surface area contributed by atoms with Gasteiger partial charge in [-0.05, 0) is 54.1 Å². The van der Waals surface area contributed by atoms with Gasteiger partial charge in [0.1, 0.15) is 11.8 Å². The van der Waals surface area contributed by atoms with E-state index in [9.17, 15) is 27.6 Å². The van der Waals surface area contributed by atoms with Crippen LogP contribution in [0.2, 0.25) is 5.02 Å². The van der Waals surface area contributed by atoms with Crippen LogP contribution < -0.4 is 20.3 Å². The van der Waals surface area contributed by atoms with Gasteiger partial charge in [0, 0.05) is 22.7 Å². The average molecular weight is 519 g/mol. The van der Waals surface area contributed by atoms with Crippen LogP contribution in [-0.2, 0) is 4.79 Å². The van der Waals surface area contributed by atoms with Crippen LogP contribution in [0.5, 0.6) is 5.75 Å². The molecule has 2 unspecified atom stereocenters. The summed E-state index contributed by atoms with van der Waals surface area (Å²) in [4.78, 5) is 43.3. The van der Waals surface area contributed by atoms with Crippen LogP contribution >= 0.6 is 11.6 Å². The molecule has 1 saturated heterocycles. The lowest BCUT2D eigenvalue weighted by molar-refractivity contribution is -0.274. The number of carbonyl (C=O) groups is 3. The third-order valence-corrected chi connectivity index (χ3v) is 5.71. The highest BCUT2D eigenvalue weighted by atomic mass is 35.5. The lowest BCUT2D eigenvalue weighted by atomic mass is 9.92. The first-order valence-electron chi connectivity index (χ1n) is 10.5. The predicted molar refractivity (Wildman–Crippen MR) is 125 cm³/mol. The number of pyridine rings is 1. The molecule has 1 fully saturated rings. The Labute approximate surface area is 208 Å². The molecule has 4 amide bonds. The van der Waals surface area contributed by atoms with Crippen LogP contribution in [0.15, 0.2) is 67.0 Å². The van der Waals surface area contributed by atoms with Crippen molar-refractivity contribution in [2.75, 3.05) is 10.2 Å². The van der Waals surface area contributed by atoms with Gasteiger partial charge in [-0.2, -0.15) is 0 Å². The number of aromatic nitrogens is 1. The topological polar surface area (TPSA) is 101 Å². The van der Waals surface area contributed by atoms with E-state index in [4.69, 9.17) is 11.6 Å². The molecule has 0 radical (unpaired) electrons. The predicted octanol–water partition coefficient (Wildman–Crippen LogP) is 5.11. The highest BCUT2D eigenvalue weighted by Crippen LogP contribution is 2.32. The van der Waals surface area contributed by atoms with Crippen molar-refractivity contribution in [1.82, 2.24) is 10.3 Å². The van der Waals surface area contributed by atoms with Gasteiger partial charge in [0.05, 0.1) is 17.6 Å². The third kappa shape index (κ3) is 5.41. The Morgan fingerprint density at radius 1 is 1.17 bits per heavy atom. The van der Waals surface area contributed by atoms with Crippen molar-refractivity contribution in [1.29, 1.82) is 0 Å². The number of amides is 4. The number of carbonyl (C=O) groups excluding carboxylic acids is 3. The van der Waals surface area contributed by atoms with Crippen molar-refractivity contribution >= 4 is 40.8 Å². The Kier molecular flexibility index (Phi) is 6.84. The summed E-state index contributed by atoms with van der Waals surface area (Å²) in [5, 5.41) is 5.74. The van der Waals surface area contributed by atoms with Gasteiger partial charge in [0.15, 0.2) is 0 Å². The fourth-order valence-electron chi connectivity index (χ4n) is 3.79. The normalized spacial score (nSPS) is 16.5. The molecule has 0 saturated carbocycles. The van der Waals surface area contributed by atoms with Crippen molar-refractivity contribution in [3.8, 4) is 5.75 Å². The summed E-state index contributed by atoms with van der Waals surface area (Å²) in [6, 6.07) is 10.6. The van der Waals surface area contributed by atoms with Gasteiger partial charge >= 0.3 is 12.4 Å². The molecule has 0 spiro atoms. The van der Waals surface area contributed by atoms with Crippen molar-refractivity contribution in [2.24, 2.45) is 0 Å². The van der Waals surface area contributed by atoms with E-state index in [1.165, 1.54) is 30.6 Å². The second-order valence-electron chi connectivity index (χ2n) is 7.86. The van der Waals surface area contributed by atoms with Gasteiger partial charge in [0.25, 0.3) is 11.8 Å². The van der Waals surface area contributed by atoms with Crippen LogP contribution in [-0.4, -0.2) is 35.2 Å². The van der Waals surface area contributed by atoms with Crippen LogP contribution in [0.1, 0.15) is 28.8 Å². The van der Waals surface area contributed by atoms with Crippen LogP contribution in [0.4, 0.5) is 29.3 Å². The van der Waals surface area contributed by atoms with E-state index in [0.717, 1.165) is 17.0 Å². The first-order valence-corrected chi connectivity index (χ1v) is 10.9. The van der Waals surface area contributed by atoms with Gasteiger partial charge in [-0.15, -0.1) is 13.2 Å². The molecule has 1 aliphatic rings. The zero-order valence-corrected chi connectivity index (χ0v) is 19.3. The number of nitrogens with one attached hydrogen (secondary N) is 2. The molecule has 3 aromatic rings. The number of anilines is 2. The average Bonchev–Trinajstić information content (AvgIpc) is 3.12. The summed E-state index contributed by atoms with van der Waals surface area (Å²) < 4.78 is 41.0. The van der Waals surface area contributed by atoms with Gasteiger partial charge in [0.2, 0.25) is 0 Å². The van der Waals surface area contributed by atoms with E-state index >= 15 is 0 Å². The van der Waals surface area contributed by atoms with E-state index in [0.29, 0.717) is 21.8 Å².